The van der Waals surface area contributed by atoms with Gasteiger partial charge in [0.05, 0.1) is 0 Å². The van der Waals surface area contributed by atoms with Crippen molar-refractivity contribution in [3.63, 3.8) is 0 Å². The van der Waals surface area contributed by atoms with Gasteiger partial charge in [-0.05, 0) is 0 Å². The Labute approximate surface area is 88.6 Å². The van der Waals surface area contributed by atoms with E-state index in [-0.39, 0.29) is 0 Å². The third-order valence-corrected chi connectivity index (χ3v) is 10.9. The fourth-order valence-electron chi connectivity index (χ4n) is 1.15. The molecule has 0 atom stereocenters. The maximum atomic E-state index is 8.55. The average molecular weight is 263 g/mol. The van der Waals surface area contributed by atoms with E-state index in [0.717, 1.165) is 18.5 Å². The molecule has 0 aliphatic heterocycles. The van der Waals surface area contributed by atoms with Gasteiger partial charge >= 0.3 is 88.4 Å². The van der Waals surface area contributed by atoms with Crippen molar-refractivity contribution >= 4 is 20.8 Å². The predicted molar refractivity (Wildman–Crippen MR) is 62.5 cm³/mol. The molecule has 0 radical (unpaired) electrons. The van der Waals surface area contributed by atoms with E-state index < -0.39 is 5.31 Å². The molecule has 0 bridgehead atoms. The van der Waals surface area contributed by atoms with Gasteiger partial charge in [0.15, 0.2) is 0 Å². The molecule has 4 heteroatoms. The molecular weight excluding hydrogens is 247 g/mol. The molecule has 74 valence electrons. The molecule has 0 amide bonds. The Kier molecular flexibility index (Phi) is 4.90. The van der Waals surface area contributed by atoms with E-state index in [1.807, 2.05) is 0 Å². The van der Waals surface area contributed by atoms with Gasteiger partial charge in [0.1, 0.15) is 0 Å². The Morgan fingerprint density at radius 1 is 1.15 bits per heavy atom. The van der Waals surface area contributed by atoms with Gasteiger partial charge in [-0.1, -0.05) is 0 Å². The van der Waals surface area contributed by atoms with Gasteiger partial charge in [0.25, 0.3) is 0 Å². The Balaban J connectivity index is 4.38. The summed E-state index contributed by atoms with van der Waals surface area (Å²) in [5, 5.41) is 15.2. The van der Waals surface area contributed by atoms with Gasteiger partial charge < -0.3 is 0 Å². The number of nitrogens with zero attached hydrogens (tertiary/aromatic N) is 2. The summed E-state index contributed by atoms with van der Waals surface area (Å²) < 4.78 is 0. The van der Waals surface area contributed by atoms with E-state index in [2.05, 4.69) is 41.2 Å². The van der Waals surface area contributed by atoms with E-state index in [0.29, 0.717) is 12.8 Å². The molecule has 0 aliphatic carbocycles. The zero-order chi connectivity index (χ0) is 10.4. The number of halogens is 1. The molecule has 0 N–H and O–H groups in total. The van der Waals surface area contributed by atoms with Crippen LogP contribution in [0.25, 0.3) is 0 Å². The van der Waals surface area contributed by atoms with Crippen molar-refractivity contribution in [1.29, 1.82) is 10.5 Å². The van der Waals surface area contributed by atoms with Crippen LogP contribution in [0.4, 0.5) is 0 Å². The fraction of sp³-hybridized carbons (Fsp3) is 0.778. The van der Waals surface area contributed by atoms with E-state index >= 15 is 0 Å². The van der Waals surface area contributed by atoms with E-state index in [9.17, 15) is 0 Å². The molecule has 0 saturated heterocycles. The molecule has 0 fully saturated rings. The van der Waals surface area contributed by atoms with Gasteiger partial charge in [0, 0.05) is 0 Å². The summed E-state index contributed by atoms with van der Waals surface area (Å²) in [5.74, 6) is 0. The molecule has 0 aromatic heterocycles. The summed E-state index contributed by atoms with van der Waals surface area (Å²) in [4.78, 5) is 0. The second-order valence-corrected chi connectivity index (χ2v) is 16.2. The molecular formula is C9H16BrN2P. The van der Waals surface area contributed by atoms with Crippen molar-refractivity contribution < 1.29 is 0 Å². The maximum absolute atomic E-state index is 8.55. The Bertz CT molecular complexity index is 227. The Morgan fingerprint density at radius 3 is 1.77 bits per heavy atom. The molecule has 0 rings (SSSR count). The molecule has 13 heavy (non-hydrogen) atoms. The second kappa shape index (κ2) is 4.94. The van der Waals surface area contributed by atoms with E-state index in [4.69, 9.17) is 10.5 Å². The summed E-state index contributed by atoms with van der Waals surface area (Å²) in [5.41, 5.74) is 0. The SMILES string of the molecule is CCP(C)(Br)(CCC#N)CCC#N. The summed E-state index contributed by atoms with van der Waals surface area (Å²) in [7, 11) is 0. The number of rotatable bonds is 5. The van der Waals surface area contributed by atoms with Gasteiger partial charge in [-0.3, -0.25) is 0 Å². The van der Waals surface area contributed by atoms with Crippen LogP contribution in [-0.2, 0) is 0 Å². The first-order valence-electron chi connectivity index (χ1n) is 4.43. The Hall–Kier alpha value is -0.110. The van der Waals surface area contributed by atoms with Crippen LogP contribution in [0.3, 0.4) is 0 Å². The molecule has 0 heterocycles. The van der Waals surface area contributed by atoms with Gasteiger partial charge in [-0.15, -0.1) is 0 Å². The topological polar surface area (TPSA) is 47.6 Å². The molecule has 0 aromatic carbocycles. The first-order valence-corrected chi connectivity index (χ1v) is 9.68. The minimum atomic E-state index is -1.86. The van der Waals surface area contributed by atoms with Crippen LogP contribution < -0.4 is 0 Å². The summed E-state index contributed by atoms with van der Waals surface area (Å²) >= 11 is 3.82. The third-order valence-electron chi connectivity index (χ3n) is 2.58. The normalized spacial score (nSPS) is 13.8. The second-order valence-electron chi connectivity index (χ2n) is 3.73. The van der Waals surface area contributed by atoms with Crippen LogP contribution in [0.2, 0.25) is 0 Å². The number of hydrogen-bond donors (Lipinski definition) is 0. The van der Waals surface area contributed by atoms with Crippen molar-refractivity contribution in [3.8, 4) is 12.1 Å². The summed E-state index contributed by atoms with van der Waals surface area (Å²) in [6.07, 6.45) is 4.12. The minimum absolute atomic E-state index is 0.596. The molecule has 0 unspecified atom stereocenters. The van der Waals surface area contributed by atoms with Gasteiger partial charge in [-0.2, -0.15) is 0 Å². The van der Waals surface area contributed by atoms with E-state index in [1.54, 1.807) is 0 Å². The first-order chi connectivity index (χ1) is 5.96. The summed E-state index contributed by atoms with van der Waals surface area (Å²) in [6.45, 7) is 4.36. The summed E-state index contributed by atoms with van der Waals surface area (Å²) in [6, 6.07) is 4.36. The molecule has 0 aromatic rings. The van der Waals surface area contributed by atoms with Gasteiger partial charge in [-0.25, -0.2) is 0 Å². The quantitative estimate of drug-likeness (QED) is 0.714. The van der Waals surface area contributed by atoms with Crippen LogP contribution in [-0.4, -0.2) is 25.2 Å². The van der Waals surface area contributed by atoms with Crippen molar-refractivity contribution in [2.75, 3.05) is 25.2 Å². The number of nitriles is 2. The van der Waals surface area contributed by atoms with Crippen molar-refractivity contribution in [2.24, 2.45) is 0 Å². The van der Waals surface area contributed by atoms with Crippen LogP contribution >= 0.6 is 20.8 Å². The average Bonchev–Trinajstić information content (AvgIpc) is 2.13. The van der Waals surface area contributed by atoms with Crippen LogP contribution in [0.15, 0.2) is 0 Å². The molecule has 0 aliphatic rings. The zero-order valence-corrected chi connectivity index (χ0v) is 10.7. The van der Waals surface area contributed by atoms with Crippen LogP contribution in [0.1, 0.15) is 19.8 Å². The first kappa shape index (κ1) is 12.9. The van der Waals surface area contributed by atoms with Crippen molar-refractivity contribution in [1.82, 2.24) is 0 Å². The van der Waals surface area contributed by atoms with Gasteiger partial charge in [0.2, 0.25) is 0 Å². The Morgan fingerprint density at radius 2 is 1.54 bits per heavy atom. The molecule has 2 nitrogen and oxygen atoms in total. The standard InChI is InChI=1S/C9H16BrN2P/c1-3-13(2,10,8-4-6-11)9-5-7-12/h3-5,8-9H2,1-2H3. The zero-order valence-electron chi connectivity index (χ0n) is 8.26. The van der Waals surface area contributed by atoms with Crippen molar-refractivity contribution in [2.45, 2.75) is 19.8 Å². The van der Waals surface area contributed by atoms with E-state index in [1.165, 1.54) is 0 Å². The number of hydrogen-bond acceptors (Lipinski definition) is 2. The third kappa shape index (κ3) is 4.61. The van der Waals surface area contributed by atoms with Crippen LogP contribution in [0.5, 0.6) is 0 Å². The molecule has 0 saturated carbocycles. The molecule has 0 spiro atoms. The predicted octanol–water partition coefficient (Wildman–Crippen LogP) is 3.33. The monoisotopic (exact) mass is 262 g/mol. The van der Waals surface area contributed by atoms with Crippen molar-refractivity contribution in [3.05, 3.63) is 0 Å². The fourth-order valence-corrected chi connectivity index (χ4v) is 4.52. The van der Waals surface area contributed by atoms with Crippen LogP contribution in [0, 0.1) is 22.7 Å².